The monoisotopic (exact) mass is 364 g/mol. The van der Waals surface area contributed by atoms with Crippen LogP contribution in [0.25, 0.3) is 11.0 Å². The van der Waals surface area contributed by atoms with E-state index in [0.717, 1.165) is 35.7 Å². The fraction of sp³-hybridized carbons (Fsp3) is 0.333. The van der Waals surface area contributed by atoms with Gasteiger partial charge in [-0.2, -0.15) is 0 Å². The van der Waals surface area contributed by atoms with E-state index in [0.29, 0.717) is 12.1 Å². The topological polar surface area (TPSA) is 70.2 Å². The summed E-state index contributed by atoms with van der Waals surface area (Å²) in [4.78, 5) is 22.5. The summed E-state index contributed by atoms with van der Waals surface area (Å²) in [6, 6.07) is 13.5. The van der Waals surface area contributed by atoms with Gasteiger partial charge in [0.1, 0.15) is 11.6 Å². The number of fused-ring (bicyclic) bond motifs is 1. The van der Waals surface area contributed by atoms with Gasteiger partial charge in [-0.1, -0.05) is 0 Å². The molecule has 1 saturated heterocycles. The van der Waals surface area contributed by atoms with Crippen molar-refractivity contribution in [3.05, 3.63) is 53.9 Å². The van der Waals surface area contributed by atoms with Crippen molar-refractivity contribution in [1.29, 1.82) is 0 Å². The van der Waals surface area contributed by atoms with Crippen molar-refractivity contribution >= 4 is 22.6 Å². The van der Waals surface area contributed by atoms with Gasteiger partial charge < -0.3 is 19.9 Å². The van der Waals surface area contributed by atoms with Crippen LogP contribution in [0.2, 0.25) is 0 Å². The van der Waals surface area contributed by atoms with Crippen LogP contribution < -0.4 is 15.0 Å². The summed E-state index contributed by atoms with van der Waals surface area (Å²) >= 11 is 0. The molecule has 1 aliphatic rings. The minimum absolute atomic E-state index is 0.0989. The lowest BCUT2D eigenvalue weighted by molar-refractivity contribution is 0.0950. The first-order chi connectivity index (χ1) is 13.2. The van der Waals surface area contributed by atoms with E-state index in [1.807, 2.05) is 42.5 Å². The summed E-state index contributed by atoms with van der Waals surface area (Å²) < 4.78 is 5.22. The number of hydrogen-bond acceptors (Lipinski definition) is 4. The zero-order chi connectivity index (χ0) is 18.6. The van der Waals surface area contributed by atoms with Crippen LogP contribution in [0.5, 0.6) is 5.75 Å². The summed E-state index contributed by atoms with van der Waals surface area (Å²) in [5.74, 6) is 1.39. The summed E-state index contributed by atoms with van der Waals surface area (Å²) in [5, 5.41) is 2.93. The average molecular weight is 364 g/mol. The number of anilines is 1. The number of aromatic nitrogens is 2. The van der Waals surface area contributed by atoms with Crippen molar-refractivity contribution in [3.63, 3.8) is 0 Å². The second-order valence-corrected chi connectivity index (χ2v) is 6.84. The van der Waals surface area contributed by atoms with Crippen LogP contribution in [0.3, 0.4) is 0 Å². The molecule has 140 valence electrons. The first kappa shape index (κ1) is 17.4. The molecule has 0 unspecified atom stereocenters. The predicted molar refractivity (Wildman–Crippen MR) is 106 cm³/mol. The fourth-order valence-electron chi connectivity index (χ4n) is 3.49. The molecule has 2 aromatic carbocycles. The number of nitrogens with zero attached hydrogens (tertiary/aromatic N) is 2. The lowest BCUT2D eigenvalue weighted by atomic mass is 10.1. The van der Waals surface area contributed by atoms with Crippen molar-refractivity contribution in [1.82, 2.24) is 15.3 Å². The first-order valence-corrected chi connectivity index (χ1v) is 9.39. The van der Waals surface area contributed by atoms with Gasteiger partial charge in [0, 0.05) is 30.4 Å². The number of benzene rings is 2. The van der Waals surface area contributed by atoms with Gasteiger partial charge in [0.2, 0.25) is 0 Å². The van der Waals surface area contributed by atoms with Crippen molar-refractivity contribution in [3.8, 4) is 5.75 Å². The number of nitrogens with one attached hydrogen (secondary N) is 2. The Bertz CT molecular complexity index is 927. The molecule has 1 aromatic heterocycles. The zero-order valence-electron chi connectivity index (χ0n) is 15.5. The molecule has 27 heavy (non-hydrogen) atoms. The molecule has 4 rings (SSSR count). The summed E-state index contributed by atoms with van der Waals surface area (Å²) in [7, 11) is 1.63. The Morgan fingerprint density at radius 1 is 1.15 bits per heavy atom. The van der Waals surface area contributed by atoms with Gasteiger partial charge in [0.25, 0.3) is 5.91 Å². The Labute approximate surface area is 158 Å². The maximum Gasteiger partial charge on any atom is 0.251 e. The largest absolute Gasteiger partial charge is 0.497 e. The Morgan fingerprint density at radius 2 is 1.93 bits per heavy atom. The third-order valence-electron chi connectivity index (χ3n) is 5.01. The number of aromatic amines is 1. The first-order valence-electron chi connectivity index (χ1n) is 9.39. The van der Waals surface area contributed by atoms with Crippen molar-refractivity contribution in [2.75, 3.05) is 25.1 Å². The third-order valence-corrected chi connectivity index (χ3v) is 5.01. The van der Waals surface area contributed by atoms with E-state index in [9.17, 15) is 4.79 Å². The highest BCUT2D eigenvalue weighted by Gasteiger charge is 2.12. The number of hydrogen-bond donors (Lipinski definition) is 2. The molecule has 0 saturated carbocycles. The van der Waals surface area contributed by atoms with Crippen LogP contribution in [0.15, 0.2) is 42.5 Å². The number of rotatable bonds is 5. The maximum absolute atomic E-state index is 12.4. The molecular weight excluding hydrogens is 340 g/mol. The van der Waals surface area contributed by atoms with Crippen molar-refractivity contribution in [2.24, 2.45) is 0 Å². The number of H-pyrrole nitrogens is 1. The molecule has 1 aliphatic heterocycles. The van der Waals surface area contributed by atoms with E-state index in [4.69, 9.17) is 4.74 Å². The van der Waals surface area contributed by atoms with E-state index in [2.05, 4.69) is 20.2 Å². The van der Waals surface area contributed by atoms with Crippen LogP contribution in [-0.2, 0) is 6.54 Å². The quantitative estimate of drug-likeness (QED) is 0.727. The number of ether oxygens (including phenoxy) is 1. The van der Waals surface area contributed by atoms with Crippen LogP contribution in [0.1, 0.15) is 35.4 Å². The second kappa shape index (κ2) is 7.70. The molecule has 0 atom stereocenters. The molecule has 0 radical (unpaired) electrons. The smallest absolute Gasteiger partial charge is 0.251 e. The van der Waals surface area contributed by atoms with Gasteiger partial charge in [-0.05, 0) is 55.7 Å². The van der Waals surface area contributed by atoms with E-state index in [-0.39, 0.29) is 5.91 Å². The molecule has 0 spiro atoms. The predicted octanol–water partition coefficient (Wildman–Crippen LogP) is 3.49. The summed E-state index contributed by atoms with van der Waals surface area (Å²) in [6.45, 7) is 2.55. The number of imidazole rings is 1. The van der Waals surface area contributed by atoms with Gasteiger partial charge in [-0.25, -0.2) is 4.98 Å². The van der Waals surface area contributed by atoms with Gasteiger partial charge in [-0.3, -0.25) is 4.79 Å². The van der Waals surface area contributed by atoms with Gasteiger partial charge in [0.15, 0.2) is 0 Å². The minimum atomic E-state index is -0.0989. The number of carbonyl (C=O) groups excluding carboxylic acids is 1. The summed E-state index contributed by atoms with van der Waals surface area (Å²) in [5.41, 5.74) is 3.60. The van der Waals surface area contributed by atoms with Gasteiger partial charge in [0.05, 0.1) is 24.7 Å². The Kier molecular flexibility index (Phi) is 4.96. The Hall–Kier alpha value is -3.02. The number of amides is 1. The minimum Gasteiger partial charge on any atom is -0.497 e. The SMILES string of the molecule is COc1ccc2nc(CNC(=O)c3ccc(N4CCCCC4)cc3)[nH]c2c1. The highest BCUT2D eigenvalue weighted by molar-refractivity contribution is 5.94. The molecular formula is C21H24N4O2. The number of methoxy groups -OCH3 is 1. The lowest BCUT2D eigenvalue weighted by Crippen LogP contribution is -2.29. The lowest BCUT2D eigenvalue weighted by Gasteiger charge is -2.28. The standard InChI is InChI=1S/C21H24N4O2/c1-27-17-9-10-18-19(13-17)24-20(23-18)14-22-21(26)15-5-7-16(8-6-15)25-11-3-2-4-12-25/h5-10,13H,2-4,11-12,14H2,1H3,(H,22,26)(H,23,24). The third kappa shape index (κ3) is 3.89. The van der Waals surface area contributed by atoms with E-state index < -0.39 is 0 Å². The molecule has 6 nitrogen and oxygen atoms in total. The maximum atomic E-state index is 12.4. The van der Waals surface area contributed by atoms with Crippen molar-refractivity contribution in [2.45, 2.75) is 25.8 Å². The van der Waals surface area contributed by atoms with Gasteiger partial charge in [-0.15, -0.1) is 0 Å². The molecule has 3 aromatic rings. The van der Waals surface area contributed by atoms with Gasteiger partial charge >= 0.3 is 0 Å². The van der Waals surface area contributed by atoms with Crippen molar-refractivity contribution < 1.29 is 9.53 Å². The highest BCUT2D eigenvalue weighted by atomic mass is 16.5. The number of carbonyl (C=O) groups is 1. The average Bonchev–Trinajstić information content (AvgIpc) is 3.14. The van der Waals surface area contributed by atoms with E-state index >= 15 is 0 Å². The Morgan fingerprint density at radius 3 is 2.67 bits per heavy atom. The molecule has 0 bridgehead atoms. The molecule has 1 amide bonds. The molecule has 2 heterocycles. The van der Waals surface area contributed by atoms with Crippen LogP contribution in [0, 0.1) is 0 Å². The normalized spacial score (nSPS) is 14.3. The van der Waals surface area contributed by atoms with Crippen LogP contribution >= 0.6 is 0 Å². The van der Waals surface area contributed by atoms with Crippen LogP contribution in [0.4, 0.5) is 5.69 Å². The molecule has 2 N–H and O–H groups in total. The van der Waals surface area contributed by atoms with Crippen LogP contribution in [-0.4, -0.2) is 36.1 Å². The molecule has 0 aliphatic carbocycles. The highest BCUT2D eigenvalue weighted by Crippen LogP contribution is 2.21. The van der Waals surface area contributed by atoms with E-state index in [1.165, 1.54) is 24.9 Å². The summed E-state index contributed by atoms with van der Waals surface area (Å²) in [6.07, 6.45) is 3.79. The fourth-order valence-corrected chi connectivity index (χ4v) is 3.49. The molecule has 6 heteroatoms. The Balaban J connectivity index is 1.38. The molecule has 1 fully saturated rings. The van der Waals surface area contributed by atoms with E-state index in [1.54, 1.807) is 7.11 Å². The number of piperidine rings is 1. The second-order valence-electron chi connectivity index (χ2n) is 6.84. The zero-order valence-corrected chi connectivity index (χ0v) is 15.5.